The number of esters is 1. The third kappa shape index (κ3) is 12.6. The highest BCUT2D eigenvalue weighted by Crippen LogP contribution is 2.25. The Morgan fingerprint density at radius 1 is 0.960 bits per heavy atom. The van der Waals surface area contributed by atoms with E-state index in [0.29, 0.717) is 11.3 Å². The van der Waals surface area contributed by atoms with Gasteiger partial charge in [0.2, 0.25) is 0 Å². The van der Waals surface area contributed by atoms with Gasteiger partial charge in [0.05, 0.1) is 15.6 Å². The summed E-state index contributed by atoms with van der Waals surface area (Å²) in [6, 6.07) is 13.5. The monoisotopic (exact) mass is 721 g/mol. The Morgan fingerprint density at radius 3 is 2.32 bits per heavy atom. The number of nitrogens with one attached hydrogen (secondary N) is 1. The first kappa shape index (κ1) is 39.6. The Balaban J connectivity index is 1.44. The molecule has 1 amide bonds. The predicted molar refractivity (Wildman–Crippen MR) is 191 cm³/mol. The molecule has 1 heterocycles. The average molecular weight is 722 g/mol. The van der Waals surface area contributed by atoms with Crippen molar-refractivity contribution in [3.05, 3.63) is 100 Å². The van der Waals surface area contributed by atoms with Crippen LogP contribution in [0.15, 0.2) is 109 Å². The Morgan fingerprint density at radius 2 is 1.60 bits per heavy atom. The lowest BCUT2D eigenvalue weighted by atomic mass is 10.1. The highest BCUT2D eigenvalue weighted by atomic mass is 32.2. The van der Waals surface area contributed by atoms with Gasteiger partial charge in [0, 0.05) is 10.6 Å². The number of hydrogen-bond acceptors (Lipinski definition) is 10. The van der Waals surface area contributed by atoms with Gasteiger partial charge in [-0.25, -0.2) is 13.2 Å². The van der Waals surface area contributed by atoms with E-state index in [1.165, 1.54) is 47.9 Å². The van der Waals surface area contributed by atoms with Gasteiger partial charge in [-0.2, -0.15) is 0 Å². The molecule has 0 spiro atoms. The molecule has 1 aromatic heterocycles. The molecule has 0 aliphatic carbocycles. The SMILES string of the molecule is CC(C)=CCC/C(C)=C/CC/C(C)=C/CSc1ccccc1C(=O)N[C@@H](C)C(=O)OCC#CCOc1no[n+]([O-])c1S(=O)(=O)c1ccccc1. The normalized spacial score (nSPS) is 12.3. The Labute approximate surface area is 298 Å². The van der Waals surface area contributed by atoms with E-state index in [0.717, 1.165) is 30.6 Å². The minimum absolute atomic E-state index is 0.141. The summed E-state index contributed by atoms with van der Waals surface area (Å²) in [7, 11) is -4.27. The summed E-state index contributed by atoms with van der Waals surface area (Å²) < 4.78 is 40.4. The average Bonchev–Trinajstić information content (AvgIpc) is 3.47. The third-order valence-corrected chi connectivity index (χ3v) is 9.90. The quantitative estimate of drug-likeness (QED) is 0.0545. The number of hydrogen-bond donors (Lipinski definition) is 1. The number of amides is 1. The summed E-state index contributed by atoms with van der Waals surface area (Å²) in [5.41, 5.74) is 4.49. The fraction of sp³-hybridized carbons (Fsp3) is 0.351. The Kier molecular flexibility index (Phi) is 15.9. The van der Waals surface area contributed by atoms with Gasteiger partial charge in [-0.15, -0.1) is 11.8 Å². The van der Waals surface area contributed by atoms with Crippen LogP contribution in [0, 0.1) is 17.0 Å². The molecule has 0 aliphatic heterocycles. The summed E-state index contributed by atoms with van der Waals surface area (Å²) in [4.78, 5) is 26.0. The van der Waals surface area contributed by atoms with Crippen LogP contribution in [0.2, 0.25) is 0 Å². The number of rotatable bonds is 17. The zero-order valence-electron chi connectivity index (χ0n) is 28.9. The maximum absolute atomic E-state index is 13.1. The van der Waals surface area contributed by atoms with E-state index < -0.39 is 38.7 Å². The fourth-order valence-corrected chi connectivity index (χ4v) is 6.74. The molecule has 2 aromatic carbocycles. The van der Waals surface area contributed by atoms with E-state index in [9.17, 15) is 23.2 Å². The summed E-state index contributed by atoms with van der Waals surface area (Å²) in [5.74, 6) is 4.15. The van der Waals surface area contributed by atoms with E-state index in [1.54, 1.807) is 30.0 Å². The lowest BCUT2D eigenvalue weighted by Crippen LogP contribution is -2.39. The number of aromatic nitrogens is 2. The van der Waals surface area contributed by atoms with Crippen molar-refractivity contribution in [2.75, 3.05) is 19.0 Å². The number of benzene rings is 2. The van der Waals surface area contributed by atoms with Crippen LogP contribution in [-0.4, -0.2) is 50.5 Å². The van der Waals surface area contributed by atoms with Crippen molar-refractivity contribution in [1.29, 1.82) is 0 Å². The number of thioether (sulfide) groups is 1. The van der Waals surface area contributed by atoms with Crippen molar-refractivity contribution < 1.29 is 37.0 Å². The van der Waals surface area contributed by atoms with E-state index in [1.807, 2.05) is 12.1 Å². The van der Waals surface area contributed by atoms with E-state index >= 15 is 0 Å². The van der Waals surface area contributed by atoms with Crippen molar-refractivity contribution in [3.8, 4) is 17.7 Å². The van der Waals surface area contributed by atoms with Gasteiger partial charge >= 0.3 is 16.9 Å². The maximum atomic E-state index is 13.1. The first-order chi connectivity index (χ1) is 23.9. The molecule has 0 saturated heterocycles. The first-order valence-corrected chi connectivity index (χ1v) is 18.5. The molecular formula is C37H43N3O8S2. The van der Waals surface area contributed by atoms with Crippen LogP contribution >= 0.6 is 11.8 Å². The van der Waals surface area contributed by atoms with E-state index in [-0.39, 0.29) is 23.0 Å². The molecule has 1 N–H and O–H groups in total. The third-order valence-electron chi connectivity index (χ3n) is 7.17. The molecule has 11 nitrogen and oxygen atoms in total. The lowest BCUT2D eigenvalue weighted by molar-refractivity contribution is -0.832. The van der Waals surface area contributed by atoms with Crippen LogP contribution in [0.5, 0.6) is 5.88 Å². The van der Waals surface area contributed by atoms with Gasteiger partial charge in [-0.05, 0) is 89.5 Å². The van der Waals surface area contributed by atoms with Crippen molar-refractivity contribution in [2.24, 2.45) is 0 Å². The van der Waals surface area contributed by atoms with Gasteiger partial charge in [0.1, 0.15) is 6.04 Å². The lowest BCUT2D eigenvalue weighted by Gasteiger charge is -2.14. The number of ether oxygens (including phenoxy) is 2. The predicted octanol–water partition coefficient (Wildman–Crippen LogP) is 6.40. The zero-order valence-corrected chi connectivity index (χ0v) is 30.6. The zero-order chi connectivity index (χ0) is 36.5. The Bertz CT molecular complexity index is 1870. The number of nitrogens with zero attached hydrogens (tertiary/aromatic N) is 2. The second kappa shape index (κ2) is 20.0. The van der Waals surface area contributed by atoms with Crippen molar-refractivity contribution in [2.45, 2.75) is 81.2 Å². The number of allylic oxidation sites excluding steroid dienone is 5. The molecule has 0 aliphatic rings. The van der Waals surface area contributed by atoms with Crippen molar-refractivity contribution in [1.82, 2.24) is 10.5 Å². The van der Waals surface area contributed by atoms with E-state index in [4.69, 9.17) is 9.47 Å². The van der Waals surface area contributed by atoms with Crippen molar-refractivity contribution in [3.63, 3.8) is 0 Å². The van der Waals surface area contributed by atoms with Crippen LogP contribution in [0.25, 0.3) is 0 Å². The van der Waals surface area contributed by atoms with Gasteiger partial charge in [-0.1, -0.05) is 77.1 Å². The summed E-state index contributed by atoms with van der Waals surface area (Å²) >= 11 is 1.55. The minimum Gasteiger partial charge on any atom is -0.451 e. The van der Waals surface area contributed by atoms with E-state index in [2.05, 4.69) is 72.9 Å². The number of carbonyl (C=O) groups excluding carboxylic acids is 2. The molecule has 13 heteroatoms. The van der Waals surface area contributed by atoms with Crippen LogP contribution < -0.4 is 15.0 Å². The molecule has 0 bridgehead atoms. The van der Waals surface area contributed by atoms with Crippen LogP contribution in [-0.2, 0) is 19.4 Å². The summed E-state index contributed by atoms with van der Waals surface area (Å²) in [6.07, 6.45) is 10.9. The second-order valence-electron chi connectivity index (χ2n) is 11.6. The molecule has 0 radical (unpaired) electrons. The smallest absolute Gasteiger partial charge is 0.415 e. The molecular weight excluding hydrogens is 679 g/mol. The summed E-state index contributed by atoms with van der Waals surface area (Å²) in [5, 5.41) is 17.2. The molecule has 1 atom stereocenters. The molecule has 0 fully saturated rings. The van der Waals surface area contributed by atoms with Gasteiger partial charge in [-0.3, -0.25) is 9.42 Å². The molecule has 0 unspecified atom stereocenters. The largest absolute Gasteiger partial charge is 0.451 e. The second-order valence-corrected chi connectivity index (χ2v) is 14.5. The first-order valence-electron chi connectivity index (χ1n) is 16.0. The molecule has 0 saturated carbocycles. The highest BCUT2D eigenvalue weighted by molar-refractivity contribution is 7.99. The molecule has 3 rings (SSSR count). The topological polar surface area (TPSA) is 152 Å². The summed E-state index contributed by atoms with van der Waals surface area (Å²) in [6.45, 7) is 9.35. The van der Waals surface area contributed by atoms with Crippen LogP contribution in [0.1, 0.15) is 70.7 Å². The maximum Gasteiger partial charge on any atom is 0.415 e. The number of carbonyl (C=O) groups is 2. The van der Waals surface area contributed by atoms with Gasteiger partial charge < -0.3 is 20.0 Å². The molecule has 266 valence electrons. The highest BCUT2D eigenvalue weighted by Gasteiger charge is 2.35. The fourth-order valence-electron chi connectivity index (χ4n) is 4.41. The van der Waals surface area contributed by atoms with Crippen molar-refractivity contribution >= 4 is 33.5 Å². The Hall–Kier alpha value is -4.80. The standard InChI is InChI=1S/C37H43N3O8S2/c1-27(2)15-13-16-28(3)17-14-18-29(4)23-26-49-33-22-10-9-21-32(33)34(41)38-30(5)37(42)47-25-12-11-24-46-35-36(40(43)48-39-35)50(44,45)31-19-7-6-8-20-31/h6-10,15,17,19-23,30H,13-14,16,18,24-26H2,1-5H3,(H,38,41)/b28-17+,29-23+/t30-/m0/s1. The molecule has 3 aromatic rings. The van der Waals surface area contributed by atoms with Gasteiger partial charge in [0.15, 0.2) is 13.2 Å². The van der Waals surface area contributed by atoms with Crippen LogP contribution in [0.3, 0.4) is 0 Å². The van der Waals surface area contributed by atoms with Gasteiger partial charge in [0.25, 0.3) is 15.7 Å². The molecule has 50 heavy (non-hydrogen) atoms. The van der Waals surface area contributed by atoms with Crippen LogP contribution in [0.4, 0.5) is 0 Å². The minimum atomic E-state index is -4.27. The number of sulfone groups is 1.